The van der Waals surface area contributed by atoms with E-state index in [0.717, 1.165) is 0 Å². The van der Waals surface area contributed by atoms with Gasteiger partial charge in [-0.05, 0) is 0 Å². The van der Waals surface area contributed by atoms with Crippen LogP contribution in [0.5, 0.6) is 0 Å². The van der Waals surface area contributed by atoms with Crippen LogP contribution in [0, 0.1) is 10.8 Å². The van der Waals surface area contributed by atoms with E-state index < -0.39 is 21.3 Å². The SMILES string of the molecule is [CH2]=[Zr+2]([C]1=Cc2ccccc2C1C(C)(C)C)[C]1=Cc2ccccc2C1C(C)(C)C.[Cl-].[Cl-]. The third-order valence-corrected chi connectivity index (χ3v) is 11.8. The Balaban J connectivity index is 0.00000160. The molecule has 0 amide bonds. The van der Waals surface area contributed by atoms with Crippen molar-refractivity contribution in [3.05, 3.63) is 77.3 Å². The maximum absolute atomic E-state index is 4.96. The van der Waals surface area contributed by atoms with Crippen molar-refractivity contribution in [3.8, 4) is 0 Å². The van der Waals surface area contributed by atoms with Crippen molar-refractivity contribution in [2.45, 2.75) is 53.4 Å². The van der Waals surface area contributed by atoms with Gasteiger partial charge in [0, 0.05) is 0 Å². The van der Waals surface area contributed by atoms with E-state index in [0.29, 0.717) is 11.8 Å². The summed E-state index contributed by atoms with van der Waals surface area (Å²) in [6.07, 6.45) is 5.02. The largest absolute Gasteiger partial charge is 1.00 e. The molecule has 2 aromatic rings. The average molecular weight is 519 g/mol. The minimum atomic E-state index is -2.24. The van der Waals surface area contributed by atoms with Crippen LogP contribution >= 0.6 is 0 Å². The van der Waals surface area contributed by atoms with E-state index in [1.54, 1.807) is 6.56 Å². The van der Waals surface area contributed by atoms with Gasteiger partial charge >= 0.3 is 179 Å². The standard InChI is InChI=1S/2C13H15.CH2.2ClH.Zr/c2*1-13(2,3)12-9-8-10-6-4-5-7-11(10)12;;;;/h2*4-8,12H,1-3H3;1H2;2*1H;/q;;;;;+2/p-2. The fourth-order valence-electron chi connectivity index (χ4n) is 5.20. The molecule has 2 unspecified atom stereocenters. The van der Waals surface area contributed by atoms with Crippen LogP contribution in [0.1, 0.15) is 75.6 Å². The Labute approximate surface area is 202 Å². The summed E-state index contributed by atoms with van der Waals surface area (Å²) in [5, 5.41) is 0. The molecule has 0 spiro atoms. The molecule has 0 heterocycles. The zero-order valence-corrected chi connectivity index (χ0v) is 22.9. The van der Waals surface area contributed by atoms with E-state index in [-0.39, 0.29) is 35.6 Å². The summed E-state index contributed by atoms with van der Waals surface area (Å²) in [5.41, 5.74) is 6.28. The van der Waals surface area contributed by atoms with E-state index in [1.165, 1.54) is 22.3 Å². The fraction of sp³-hybridized carbons (Fsp3) is 0.370. The maximum atomic E-state index is 4.96. The quantitative estimate of drug-likeness (QED) is 0.564. The van der Waals surface area contributed by atoms with Gasteiger partial charge in [0.1, 0.15) is 0 Å². The molecule has 2 atom stereocenters. The van der Waals surface area contributed by atoms with E-state index in [2.05, 4.69) is 102 Å². The van der Waals surface area contributed by atoms with Gasteiger partial charge in [-0.2, -0.15) is 0 Å². The molecule has 2 aromatic carbocycles. The molecule has 4 rings (SSSR count). The third kappa shape index (κ3) is 4.41. The van der Waals surface area contributed by atoms with Crippen LogP contribution < -0.4 is 24.8 Å². The first-order chi connectivity index (χ1) is 13.1. The summed E-state index contributed by atoms with van der Waals surface area (Å²) in [6, 6.07) is 18.0. The fourth-order valence-corrected chi connectivity index (χ4v) is 12.2. The Hall–Kier alpha value is -0.747. The van der Waals surface area contributed by atoms with Gasteiger partial charge in [0.2, 0.25) is 0 Å². The van der Waals surface area contributed by atoms with Crippen molar-refractivity contribution >= 4 is 16.4 Å². The van der Waals surface area contributed by atoms with E-state index in [9.17, 15) is 0 Å². The zero-order valence-electron chi connectivity index (χ0n) is 18.9. The monoisotopic (exact) mass is 516 g/mol. The Morgan fingerprint density at radius 3 is 1.30 bits per heavy atom. The molecule has 30 heavy (non-hydrogen) atoms. The van der Waals surface area contributed by atoms with Crippen LogP contribution in [-0.4, -0.2) is 4.21 Å². The van der Waals surface area contributed by atoms with Crippen LogP contribution in [0.2, 0.25) is 0 Å². The first-order valence-corrected chi connectivity index (χ1v) is 14.6. The molecule has 0 aliphatic heterocycles. The molecule has 0 fully saturated rings. The van der Waals surface area contributed by atoms with Crippen molar-refractivity contribution in [3.63, 3.8) is 0 Å². The molecule has 0 saturated heterocycles. The number of fused-ring (bicyclic) bond motifs is 2. The van der Waals surface area contributed by atoms with Gasteiger partial charge in [0.05, 0.1) is 0 Å². The second kappa shape index (κ2) is 9.01. The Bertz CT molecular complexity index is 934. The average Bonchev–Trinajstić information content (AvgIpc) is 3.19. The van der Waals surface area contributed by atoms with Gasteiger partial charge < -0.3 is 24.8 Å². The molecule has 2 aliphatic rings. The van der Waals surface area contributed by atoms with E-state index >= 15 is 0 Å². The second-order valence-electron chi connectivity index (χ2n) is 10.5. The topological polar surface area (TPSA) is 0 Å². The number of benzene rings is 2. The molecule has 0 nitrogen and oxygen atoms in total. The van der Waals surface area contributed by atoms with Crippen LogP contribution in [0.3, 0.4) is 0 Å². The zero-order chi connectivity index (χ0) is 20.3. The van der Waals surface area contributed by atoms with Crippen molar-refractivity contribution in [1.82, 2.24) is 0 Å². The van der Waals surface area contributed by atoms with Gasteiger partial charge in [0.25, 0.3) is 0 Å². The van der Waals surface area contributed by atoms with Gasteiger partial charge in [-0.15, -0.1) is 0 Å². The molecular formula is C27H32Cl2Zr. The molecule has 0 bridgehead atoms. The summed E-state index contributed by atoms with van der Waals surface area (Å²) < 4.78 is 8.30. The first-order valence-electron chi connectivity index (χ1n) is 10.4. The summed E-state index contributed by atoms with van der Waals surface area (Å²) in [6.45, 7) is 14.4. The smallest absolute Gasteiger partial charge is 1.00 e. The molecule has 3 heteroatoms. The predicted octanol–water partition coefficient (Wildman–Crippen LogP) is 1.41. The molecule has 0 aromatic heterocycles. The van der Waals surface area contributed by atoms with Crippen molar-refractivity contribution < 1.29 is 46.1 Å². The van der Waals surface area contributed by atoms with Gasteiger partial charge in [0.15, 0.2) is 0 Å². The summed E-state index contributed by atoms with van der Waals surface area (Å²) in [4.78, 5) is 0. The van der Waals surface area contributed by atoms with E-state index in [4.69, 9.17) is 4.21 Å². The Kier molecular flexibility index (Phi) is 7.66. The maximum Gasteiger partial charge on any atom is -1.00 e. The van der Waals surface area contributed by atoms with Gasteiger partial charge in [-0.3, -0.25) is 0 Å². The Morgan fingerprint density at radius 1 is 0.633 bits per heavy atom. The molecule has 2 aliphatic carbocycles. The number of hydrogen-bond donors (Lipinski definition) is 0. The number of rotatable bonds is 2. The van der Waals surface area contributed by atoms with Gasteiger partial charge in [-0.1, -0.05) is 0 Å². The first kappa shape index (κ1) is 25.5. The summed E-state index contributed by atoms with van der Waals surface area (Å²) in [5.74, 6) is 1.00. The molecule has 0 saturated carbocycles. The van der Waals surface area contributed by atoms with E-state index in [1.807, 2.05) is 0 Å². The summed E-state index contributed by atoms with van der Waals surface area (Å²) >= 11 is -2.24. The Morgan fingerprint density at radius 2 is 0.967 bits per heavy atom. The minimum absolute atomic E-state index is 0. The number of allylic oxidation sites excluding steroid dienone is 2. The van der Waals surface area contributed by atoms with Gasteiger partial charge in [-0.25, -0.2) is 0 Å². The van der Waals surface area contributed by atoms with Crippen LogP contribution in [-0.2, 0) is 21.3 Å². The van der Waals surface area contributed by atoms with Crippen molar-refractivity contribution in [2.75, 3.05) is 0 Å². The molecule has 0 radical (unpaired) electrons. The molecule has 0 N–H and O–H groups in total. The third-order valence-electron chi connectivity index (χ3n) is 6.29. The minimum Gasteiger partial charge on any atom is -1.00 e. The molecular weight excluding hydrogens is 486 g/mol. The van der Waals surface area contributed by atoms with Crippen LogP contribution in [0.25, 0.3) is 12.2 Å². The second-order valence-corrected chi connectivity index (χ2v) is 15.7. The number of hydrogen-bond acceptors (Lipinski definition) is 0. The normalized spacial score (nSPS) is 19.4. The molecule has 158 valence electrons. The van der Waals surface area contributed by atoms with Crippen LogP contribution in [0.4, 0.5) is 0 Å². The summed E-state index contributed by atoms with van der Waals surface area (Å²) in [7, 11) is 0. The van der Waals surface area contributed by atoms with Crippen molar-refractivity contribution in [1.29, 1.82) is 0 Å². The predicted molar refractivity (Wildman–Crippen MR) is 120 cm³/mol. The van der Waals surface area contributed by atoms with Crippen LogP contribution in [0.15, 0.2) is 55.1 Å². The van der Waals surface area contributed by atoms with Crippen molar-refractivity contribution in [2.24, 2.45) is 10.8 Å². The number of halogens is 2.